The van der Waals surface area contributed by atoms with Crippen LogP contribution >= 0.6 is 28.3 Å². The average molecular weight is 305 g/mol. The van der Waals surface area contributed by atoms with Gasteiger partial charge in [-0.15, -0.1) is 12.4 Å². The van der Waals surface area contributed by atoms with E-state index in [1.807, 2.05) is 0 Å². The first kappa shape index (κ1) is 14.7. The molecule has 1 aromatic carbocycles. The van der Waals surface area contributed by atoms with Crippen molar-refractivity contribution in [3.05, 3.63) is 33.8 Å². The SMILES string of the molecule is C[C@@H](N)c1cccc(C(F)(F)F)c1Br.Cl. The number of rotatable bonds is 1. The van der Waals surface area contributed by atoms with Gasteiger partial charge in [-0.1, -0.05) is 12.1 Å². The van der Waals surface area contributed by atoms with Crippen molar-refractivity contribution in [3.63, 3.8) is 0 Å². The van der Waals surface area contributed by atoms with Crippen molar-refractivity contribution >= 4 is 28.3 Å². The van der Waals surface area contributed by atoms with Crippen molar-refractivity contribution in [1.82, 2.24) is 0 Å². The van der Waals surface area contributed by atoms with E-state index < -0.39 is 17.8 Å². The molecule has 1 atom stereocenters. The van der Waals surface area contributed by atoms with Gasteiger partial charge in [0.1, 0.15) is 0 Å². The Balaban J connectivity index is 0.00000196. The molecule has 0 aliphatic carbocycles. The molecular formula is C9H10BrClF3N. The number of alkyl halides is 3. The van der Waals surface area contributed by atoms with E-state index in [1.165, 1.54) is 6.07 Å². The highest BCUT2D eigenvalue weighted by molar-refractivity contribution is 9.10. The lowest BCUT2D eigenvalue weighted by Gasteiger charge is -2.14. The lowest BCUT2D eigenvalue weighted by Crippen LogP contribution is -2.11. The Labute approximate surface area is 100 Å². The Morgan fingerprint density at radius 1 is 1.33 bits per heavy atom. The van der Waals surface area contributed by atoms with Crippen molar-refractivity contribution in [2.45, 2.75) is 19.1 Å². The summed E-state index contributed by atoms with van der Waals surface area (Å²) in [6, 6.07) is 3.53. The minimum Gasteiger partial charge on any atom is -0.324 e. The molecule has 0 amide bonds. The third-order valence-corrected chi connectivity index (χ3v) is 2.71. The van der Waals surface area contributed by atoms with Crippen LogP contribution in [0.4, 0.5) is 13.2 Å². The van der Waals surface area contributed by atoms with Gasteiger partial charge < -0.3 is 5.73 Å². The fraction of sp³-hybridized carbons (Fsp3) is 0.333. The molecule has 0 aliphatic rings. The second-order valence-corrected chi connectivity index (χ2v) is 3.79. The largest absolute Gasteiger partial charge is 0.417 e. The quantitative estimate of drug-likeness (QED) is 0.836. The summed E-state index contributed by atoms with van der Waals surface area (Å²) in [4.78, 5) is 0. The van der Waals surface area contributed by atoms with Crippen LogP contribution in [0.3, 0.4) is 0 Å². The molecule has 0 unspecified atom stereocenters. The van der Waals surface area contributed by atoms with Gasteiger partial charge in [0.05, 0.1) is 5.56 Å². The van der Waals surface area contributed by atoms with Crippen LogP contribution in [-0.4, -0.2) is 0 Å². The Hall–Kier alpha value is -0.260. The van der Waals surface area contributed by atoms with Gasteiger partial charge in [0, 0.05) is 10.5 Å². The molecule has 15 heavy (non-hydrogen) atoms. The lowest BCUT2D eigenvalue weighted by molar-refractivity contribution is -0.138. The van der Waals surface area contributed by atoms with Gasteiger partial charge in [0.15, 0.2) is 0 Å². The summed E-state index contributed by atoms with van der Waals surface area (Å²) in [5, 5.41) is 0. The molecule has 6 heteroatoms. The summed E-state index contributed by atoms with van der Waals surface area (Å²) >= 11 is 2.92. The minimum absolute atomic E-state index is 0. The number of benzene rings is 1. The first-order valence-corrected chi connectivity index (χ1v) is 4.74. The Morgan fingerprint density at radius 3 is 2.27 bits per heavy atom. The van der Waals surface area contributed by atoms with Gasteiger partial charge >= 0.3 is 6.18 Å². The first-order valence-electron chi connectivity index (χ1n) is 3.95. The molecule has 1 rings (SSSR count). The van der Waals surface area contributed by atoms with Crippen LogP contribution in [0.25, 0.3) is 0 Å². The number of halogens is 5. The fourth-order valence-corrected chi connectivity index (χ4v) is 1.97. The topological polar surface area (TPSA) is 26.0 Å². The highest BCUT2D eigenvalue weighted by atomic mass is 79.9. The van der Waals surface area contributed by atoms with E-state index in [2.05, 4.69) is 15.9 Å². The van der Waals surface area contributed by atoms with Crippen molar-refractivity contribution < 1.29 is 13.2 Å². The Kier molecular flexibility index (Phi) is 5.09. The van der Waals surface area contributed by atoms with Crippen LogP contribution in [0.5, 0.6) is 0 Å². The molecule has 86 valence electrons. The van der Waals surface area contributed by atoms with E-state index in [-0.39, 0.29) is 16.9 Å². The molecule has 0 aliphatic heterocycles. The van der Waals surface area contributed by atoms with Crippen molar-refractivity contribution in [1.29, 1.82) is 0 Å². The maximum atomic E-state index is 12.4. The third-order valence-electron chi connectivity index (χ3n) is 1.82. The van der Waals surface area contributed by atoms with Crippen molar-refractivity contribution in [2.24, 2.45) is 5.73 Å². The molecule has 0 saturated carbocycles. The summed E-state index contributed by atoms with van der Waals surface area (Å²) in [5.41, 5.74) is 5.30. The highest BCUT2D eigenvalue weighted by Crippen LogP contribution is 2.37. The summed E-state index contributed by atoms with van der Waals surface area (Å²) in [6.07, 6.45) is -4.34. The molecule has 1 aromatic rings. The lowest BCUT2D eigenvalue weighted by atomic mass is 10.1. The molecule has 0 heterocycles. The molecule has 0 aromatic heterocycles. The van der Waals surface area contributed by atoms with Crippen molar-refractivity contribution in [2.75, 3.05) is 0 Å². The summed E-state index contributed by atoms with van der Waals surface area (Å²) in [6.45, 7) is 1.64. The highest BCUT2D eigenvalue weighted by Gasteiger charge is 2.33. The first-order chi connectivity index (χ1) is 6.34. The second-order valence-electron chi connectivity index (χ2n) is 3.00. The number of nitrogens with two attached hydrogens (primary N) is 1. The van der Waals surface area contributed by atoms with Gasteiger partial charge in [-0.2, -0.15) is 13.2 Å². The predicted octanol–water partition coefficient (Wildman–Crippen LogP) is 3.91. The van der Waals surface area contributed by atoms with Crippen LogP contribution in [0, 0.1) is 0 Å². The van der Waals surface area contributed by atoms with E-state index in [0.29, 0.717) is 5.56 Å². The van der Waals surface area contributed by atoms with E-state index in [1.54, 1.807) is 13.0 Å². The van der Waals surface area contributed by atoms with Crippen LogP contribution in [0.2, 0.25) is 0 Å². The molecular weight excluding hydrogens is 294 g/mol. The maximum Gasteiger partial charge on any atom is 0.417 e. The van der Waals surface area contributed by atoms with Gasteiger partial charge in [0.25, 0.3) is 0 Å². The normalized spacial score (nSPS) is 13.2. The van der Waals surface area contributed by atoms with E-state index in [4.69, 9.17) is 5.73 Å². The number of hydrogen-bond donors (Lipinski definition) is 1. The third kappa shape index (κ3) is 3.36. The van der Waals surface area contributed by atoms with Gasteiger partial charge in [-0.05, 0) is 34.5 Å². The molecule has 1 nitrogen and oxygen atoms in total. The van der Waals surface area contributed by atoms with E-state index in [0.717, 1.165) is 6.07 Å². The average Bonchev–Trinajstić information content (AvgIpc) is 2.01. The van der Waals surface area contributed by atoms with Crippen LogP contribution in [0.1, 0.15) is 24.1 Å². The van der Waals surface area contributed by atoms with Gasteiger partial charge in [-0.3, -0.25) is 0 Å². The zero-order valence-corrected chi connectivity index (χ0v) is 10.2. The minimum atomic E-state index is -4.34. The zero-order chi connectivity index (χ0) is 10.9. The predicted molar refractivity (Wildman–Crippen MR) is 59.0 cm³/mol. The summed E-state index contributed by atoms with van der Waals surface area (Å²) in [7, 11) is 0. The van der Waals surface area contributed by atoms with Crippen molar-refractivity contribution in [3.8, 4) is 0 Å². The second kappa shape index (κ2) is 5.18. The maximum absolute atomic E-state index is 12.4. The van der Waals surface area contributed by atoms with E-state index in [9.17, 15) is 13.2 Å². The molecule has 0 radical (unpaired) electrons. The molecule has 0 bridgehead atoms. The number of hydrogen-bond acceptors (Lipinski definition) is 1. The fourth-order valence-electron chi connectivity index (χ4n) is 1.12. The Bertz CT molecular complexity index is 339. The smallest absolute Gasteiger partial charge is 0.324 e. The van der Waals surface area contributed by atoms with Crippen LogP contribution in [-0.2, 0) is 6.18 Å². The van der Waals surface area contributed by atoms with E-state index >= 15 is 0 Å². The van der Waals surface area contributed by atoms with Crippen LogP contribution in [0.15, 0.2) is 22.7 Å². The molecule has 2 N–H and O–H groups in total. The summed E-state index contributed by atoms with van der Waals surface area (Å²) in [5.74, 6) is 0. The van der Waals surface area contributed by atoms with Gasteiger partial charge in [-0.25, -0.2) is 0 Å². The zero-order valence-electron chi connectivity index (χ0n) is 7.81. The van der Waals surface area contributed by atoms with Gasteiger partial charge in [0.2, 0.25) is 0 Å². The Morgan fingerprint density at radius 2 is 1.87 bits per heavy atom. The molecule has 0 spiro atoms. The molecule has 0 fully saturated rings. The molecule has 0 saturated heterocycles. The van der Waals surface area contributed by atoms with Crippen LogP contribution < -0.4 is 5.73 Å². The standard InChI is InChI=1S/C9H9BrF3N.ClH/c1-5(14)6-3-2-4-7(8(6)10)9(11,12)13;/h2-5H,14H2,1H3;1H/t5-;/m1./s1. The summed E-state index contributed by atoms with van der Waals surface area (Å²) < 4.78 is 37.3. The monoisotopic (exact) mass is 303 g/mol.